The summed E-state index contributed by atoms with van der Waals surface area (Å²) in [5.74, 6) is 5.71. The van der Waals surface area contributed by atoms with Crippen LogP contribution in [0, 0.1) is 11.8 Å². The maximum absolute atomic E-state index is 12.4. The minimum Gasteiger partial charge on any atom is -0.452 e. The molecular weight excluding hydrogens is 344 g/mol. The lowest BCUT2D eigenvalue weighted by Gasteiger charge is -2.23. The fourth-order valence-electron chi connectivity index (χ4n) is 2.18. The van der Waals surface area contributed by atoms with Gasteiger partial charge in [0.25, 0.3) is 5.91 Å². The van der Waals surface area contributed by atoms with Crippen LogP contribution in [0.5, 0.6) is 5.88 Å². The van der Waals surface area contributed by atoms with Gasteiger partial charge in [0.1, 0.15) is 5.02 Å². The molecule has 0 fully saturated rings. The number of amides is 1. The smallest absolute Gasteiger partial charge is 0.272 e. The average Bonchev–Trinajstić information content (AvgIpc) is 2.52. The van der Waals surface area contributed by atoms with Crippen molar-refractivity contribution in [2.24, 2.45) is 0 Å². The Balaban J connectivity index is 2.22. The van der Waals surface area contributed by atoms with Crippen molar-refractivity contribution < 1.29 is 9.53 Å². The van der Waals surface area contributed by atoms with E-state index in [0.29, 0.717) is 5.02 Å². The summed E-state index contributed by atoms with van der Waals surface area (Å²) in [5, 5.41) is 4.14. The Morgan fingerprint density at radius 3 is 2.79 bits per heavy atom. The van der Waals surface area contributed by atoms with Crippen LogP contribution in [0.2, 0.25) is 5.02 Å². The number of para-hydroxylation sites is 1. The van der Waals surface area contributed by atoms with E-state index in [1.54, 1.807) is 19.2 Å². The highest BCUT2D eigenvalue weighted by Gasteiger charge is 2.26. The number of benzene rings is 1. The van der Waals surface area contributed by atoms with Gasteiger partial charge in [-0.3, -0.25) is 4.79 Å². The summed E-state index contributed by atoms with van der Waals surface area (Å²) >= 11 is 7.51. The average molecular weight is 363 g/mol. The summed E-state index contributed by atoms with van der Waals surface area (Å²) in [5.41, 5.74) is -0.646. The van der Waals surface area contributed by atoms with Gasteiger partial charge < -0.3 is 10.1 Å². The predicted molar refractivity (Wildman–Crippen MR) is 100 cm³/mol. The van der Waals surface area contributed by atoms with Crippen molar-refractivity contribution in [2.75, 3.05) is 6.26 Å². The first kappa shape index (κ1) is 18.4. The van der Waals surface area contributed by atoms with Crippen LogP contribution in [0.15, 0.2) is 30.3 Å². The molecule has 126 valence electrons. The lowest BCUT2D eigenvalue weighted by atomic mass is 10.1. The zero-order valence-corrected chi connectivity index (χ0v) is 15.6. The number of carbonyl (C=O) groups is 1. The van der Waals surface area contributed by atoms with Crippen LogP contribution in [-0.2, 0) is 4.79 Å². The van der Waals surface area contributed by atoms with E-state index < -0.39 is 11.0 Å². The molecule has 2 rings (SSSR count). The first-order valence-corrected chi connectivity index (χ1v) is 9.03. The van der Waals surface area contributed by atoms with Crippen LogP contribution in [-0.4, -0.2) is 28.1 Å². The Hall–Kier alpha value is -1.90. The normalized spacial score (nSPS) is 12.2. The van der Waals surface area contributed by atoms with E-state index in [4.69, 9.17) is 16.3 Å². The van der Waals surface area contributed by atoms with Gasteiger partial charge in [0.05, 0.1) is 11.1 Å². The molecule has 0 aliphatic heterocycles. The van der Waals surface area contributed by atoms with Crippen LogP contribution in [0.3, 0.4) is 0 Å². The molecule has 0 bridgehead atoms. The molecule has 1 heterocycles. The van der Waals surface area contributed by atoms with Crippen molar-refractivity contribution in [3.63, 3.8) is 0 Å². The van der Waals surface area contributed by atoms with Gasteiger partial charge >= 0.3 is 0 Å². The van der Waals surface area contributed by atoms with E-state index in [0.717, 1.165) is 10.9 Å². The summed E-state index contributed by atoms with van der Waals surface area (Å²) in [6.07, 6.45) is 1.79. The molecule has 1 unspecified atom stereocenters. The van der Waals surface area contributed by atoms with Gasteiger partial charge in [0, 0.05) is 5.39 Å². The van der Waals surface area contributed by atoms with Gasteiger partial charge in [0.15, 0.2) is 0 Å². The second-order valence-electron chi connectivity index (χ2n) is 5.64. The van der Waals surface area contributed by atoms with Gasteiger partial charge in [-0.15, -0.1) is 17.7 Å². The Kier molecular flexibility index (Phi) is 5.98. The minimum absolute atomic E-state index is 0.240. The Bertz CT molecular complexity index is 812. The topological polar surface area (TPSA) is 51.2 Å². The van der Waals surface area contributed by atoms with Crippen LogP contribution in [0.25, 0.3) is 10.9 Å². The fourth-order valence-corrected chi connectivity index (χ4v) is 2.84. The molecule has 6 heteroatoms. The van der Waals surface area contributed by atoms with Crippen molar-refractivity contribution in [3.05, 3.63) is 35.4 Å². The van der Waals surface area contributed by atoms with Gasteiger partial charge in [-0.2, -0.15) is 0 Å². The molecule has 4 nitrogen and oxygen atoms in total. The number of nitrogens with one attached hydrogen (secondary N) is 1. The third-order valence-electron chi connectivity index (χ3n) is 3.17. The Labute approximate surface area is 151 Å². The van der Waals surface area contributed by atoms with E-state index >= 15 is 0 Å². The summed E-state index contributed by atoms with van der Waals surface area (Å²) in [6, 6.07) is 9.37. The van der Waals surface area contributed by atoms with Crippen LogP contribution in [0.4, 0.5) is 0 Å². The molecule has 0 saturated heterocycles. The maximum atomic E-state index is 12.4. The van der Waals surface area contributed by atoms with Crippen molar-refractivity contribution in [1.82, 2.24) is 10.3 Å². The number of ether oxygens (including phenoxy) is 1. The third-order valence-corrected chi connectivity index (χ3v) is 4.17. The maximum Gasteiger partial charge on any atom is 0.272 e. The van der Waals surface area contributed by atoms with Crippen molar-refractivity contribution in [1.29, 1.82) is 0 Å². The molecule has 1 N–H and O–H groups in total. The summed E-state index contributed by atoms with van der Waals surface area (Å²) in [4.78, 5) is 16.9. The Morgan fingerprint density at radius 2 is 2.12 bits per heavy atom. The molecule has 0 aliphatic rings. The predicted octanol–water partition coefficient (Wildman–Crippen LogP) is 3.87. The standard InChI is InChI=1S/C18H19ClN2O2S/c1-5-10-18(2,3)21-15(22)17(24-4)23-16-13(19)11-12-8-6-7-9-14(12)20-16/h6-9,11,17H,1-4H3,(H,21,22). The highest BCUT2D eigenvalue weighted by molar-refractivity contribution is 7.99. The molecule has 1 aromatic heterocycles. The zero-order valence-electron chi connectivity index (χ0n) is 14.0. The number of carbonyl (C=O) groups excluding carboxylic acids is 1. The van der Waals surface area contributed by atoms with Gasteiger partial charge in [-0.05, 0) is 39.2 Å². The number of nitrogens with zero attached hydrogens (tertiary/aromatic N) is 1. The van der Waals surface area contributed by atoms with Crippen molar-refractivity contribution in [2.45, 2.75) is 31.7 Å². The summed E-state index contributed by atoms with van der Waals surface area (Å²) in [7, 11) is 0. The Morgan fingerprint density at radius 1 is 1.42 bits per heavy atom. The molecule has 2 aromatic rings. The molecular formula is C18H19ClN2O2S. The zero-order chi connectivity index (χ0) is 17.7. The quantitative estimate of drug-likeness (QED) is 0.648. The SMILES string of the molecule is CC#CC(C)(C)NC(=O)C(Oc1nc2ccccc2cc1Cl)SC. The molecule has 24 heavy (non-hydrogen) atoms. The van der Waals surface area contributed by atoms with Crippen molar-refractivity contribution in [3.8, 4) is 17.7 Å². The van der Waals surface area contributed by atoms with Crippen LogP contribution < -0.4 is 10.1 Å². The first-order chi connectivity index (χ1) is 11.4. The number of halogens is 1. The fraction of sp³-hybridized carbons (Fsp3) is 0.333. The number of rotatable bonds is 5. The summed E-state index contributed by atoms with van der Waals surface area (Å²) in [6.45, 7) is 5.40. The summed E-state index contributed by atoms with van der Waals surface area (Å²) < 4.78 is 5.75. The molecule has 1 aromatic carbocycles. The van der Waals surface area contributed by atoms with E-state index in [2.05, 4.69) is 22.1 Å². The number of fused-ring (bicyclic) bond motifs is 1. The highest BCUT2D eigenvalue weighted by atomic mass is 35.5. The van der Waals surface area contributed by atoms with Crippen LogP contribution in [0.1, 0.15) is 20.8 Å². The van der Waals surface area contributed by atoms with Crippen molar-refractivity contribution >= 4 is 40.2 Å². The minimum atomic E-state index is -0.769. The second-order valence-corrected chi connectivity index (χ2v) is 6.95. The van der Waals surface area contributed by atoms with Gasteiger partial charge in [-0.1, -0.05) is 35.7 Å². The molecule has 0 aliphatic carbocycles. The molecule has 1 atom stereocenters. The number of thioether (sulfide) groups is 1. The lowest BCUT2D eigenvalue weighted by Crippen LogP contribution is -2.47. The number of aromatic nitrogens is 1. The number of hydrogen-bond donors (Lipinski definition) is 1. The number of hydrogen-bond acceptors (Lipinski definition) is 4. The first-order valence-electron chi connectivity index (χ1n) is 7.37. The van der Waals surface area contributed by atoms with E-state index in [9.17, 15) is 4.79 Å². The van der Waals surface area contributed by atoms with E-state index in [1.165, 1.54) is 11.8 Å². The van der Waals surface area contributed by atoms with Gasteiger partial charge in [0.2, 0.25) is 11.3 Å². The highest BCUT2D eigenvalue weighted by Crippen LogP contribution is 2.28. The van der Waals surface area contributed by atoms with E-state index in [1.807, 2.05) is 38.1 Å². The van der Waals surface area contributed by atoms with E-state index in [-0.39, 0.29) is 11.8 Å². The third kappa shape index (κ3) is 4.56. The monoisotopic (exact) mass is 362 g/mol. The number of pyridine rings is 1. The molecule has 0 spiro atoms. The lowest BCUT2D eigenvalue weighted by molar-refractivity contribution is -0.125. The largest absolute Gasteiger partial charge is 0.452 e. The van der Waals surface area contributed by atoms with Crippen LogP contribution >= 0.6 is 23.4 Å². The van der Waals surface area contributed by atoms with Gasteiger partial charge in [-0.25, -0.2) is 4.98 Å². The molecule has 1 amide bonds. The molecule has 0 saturated carbocycles. The second kappa shape index (κ2) is 7.78. The molecule has 0 radical (unpaired) electrons.